The molecule has 8 heteroatoms. The number of nitrogens with one attached hydrogen (secondary N) is 1. The summed E-state index contributed by atoms with van der Waals surface area (Å²) in [5, 5.41) is 3.86. The molecule has 0 aliphatic rings. The van der Waals surface area contributed by atoms with Crippen LogP contribution in [0.3, 0.4) is 0 Å². The van der Waals surface area contributed by atoms with E-state index < -0.39 is 5.97 Å². The van der Waals surface area contributed by atoms with Crippen LogP contribution in [-0.2, 0) is 16.0 Å². The molecule has 0 saturated carbocycles. The third-order valence-corrected chi connectivity index (χ3v) is 4.47. The summed E-state index contributed by atoms with van der Waals surface area (Å²) in [4.78, 5) is 29.4. The zero-order valence-electron chi connectivity index (χ0n) is 15.2. The van der Waals surface area contributed by atoms with Crippen LogP contribution < -0.4 is 5.56 Å². The molecule has 0 spiro atoms. The van der Waals surface area contributed by atoms with Crippen LogP contribution >= 0.6 is 23.2 Å². The van der Waals surface area contributed by atoms with E-state index >= 15 is 0 Å². The Kier molecular flexibility index (Phi) is 6.02. The molecule has 6 nitrogen and oxygen atoms in total. The van der Waals surface area contributed by atoms with Crippen molar-refractivity contribution < 1.29 is 9.53 Å². The van der Waals surface area contributed by atoms with Crippen molar-refractivity contribution in [3.05, 3.63) is 80.2 Å². The summed E-state index contributed by atoms with van der Waals surface area (Å²) in [5.41, 5.74) is 1.96. The van der Waals surface area contributed by atoms with E-state index in [2.05, 4.69) is 10.1 Å². The molecule has 0 fully saturated rings. The maximum atomic E-state index is 13.1. The van der Waals surface area contributed by atoms with Crippen molar-refractivity contribution >= 4 is 40.6 Å². The lowest BCUT2D eigenvalue weighted by Crippen LogP contribution is -2.20. The predicted octanol–water partition coefficient (Wildman–Crippen LogP) is 4.33. The minimum atomic E-state index is -0.471. The number of hydrogen-bond donors (Lipinski definition) is 1. The van der Waals surface area contributed by atoms with Gasteiger partial charge in [0.1, 0.15) is 0 Å². The fourth-order valence-corrected chi connectivity index (χ4v) is 3.33. The number of hydrogen-bond acceptors (Lipinski definition) is 4. The van der Waals surface area contributed by atoms with Crippen LogP contribution in [0.5, 0.6) is 0 Å². The molecule has 0 aliphatic heterocycles. The SMILES string of the molecule is COC(=O)Cc1[nH]n(-c2ccccc2)c(=O)c1C(C)=Nc1cc(Cl)cc(Cl)c1. The van der Waals surface area contributed by atoms with Crippen LogP contribution in [-0.4, -0.2) is 28.6 Å². The lowest BCUT2D eigenvalue weighted by Gasteiger charge is -2.03. The van der Waals surface area contributed by atoms with E-state index in [1.165, 1.54) is 11.8 Å². The van der Waals surface area contributed by atoms with Gasteiger partial charge in [0.25, 0.3) is 5.56 Å². The van der Waals surface area contributed by atoms with Crippen molar-refractivity contribution in [3.8, 4) is 5.69 Å². The molecule has 0 unspecified atom stereocenters. The Morgan fingerprint density at radius 1 is 1.14 bits per heavy atom. The fourth-order valence-electron chi connectivity index (χ4n) is 2.81. The predicted molar refractivity (Wildman–Crippen MR) is 110 cm³/mol. The highest BCUT2D eigenvalue weighted by Gasteiger charge is 2.20. The molecule has 0 amide bonds. The van der Waals surface area contributed by atoms with Crippen molar-refractivity contribution in [2.45, 2.75) is 13.3 Å². The third kappa shape index (κ3) is 4.35. The van der Waals surface area contributed by atoms with E-state index in [4.69, 9.17) is 27.9 Å². The summed E-state index contributed by atoms with van der Waals surface area (Å²) in [6.45, 7) is 1.69. The number of aliphatic imine (C=N–C) groups is 1. The molecule has 28 heavy (non-hydrogen) atoms. The van der Waals surface area contributed by atoms with Crippen molar-refractivity contribution in [1.82, 2.24) is 9.78 Å². The molecule has 0 aliphatic carbocycles. The van der Waals surface area contributed by atoms with Gasteiger partial charge in [-0.3, -0.25) is 19.7 Å². The molecule has 0 radical (unpaired) electrons. The average molecular weight is 418 g/mol. The van der Waals surface area contributed by atoms with Gasteiger partial charge >= 0.3 is 5.97 Å². The molecule has 3 aromatic rings. The van der Waals surface area contributed by atoms with Crippen LogP contribution in [0.1, 0.15) is 18.2 Å². The van der Waals surface area contributed by atoms with Crippen LogP contribution in [0.4, 0.5) is 5.69 Å². The number of H-pyrrole nitrogens is 1. The molecule has 3 rings (SSSR count). The number of esters is 1. The molecular weight excluding hydrogens is 401 g/mol. The Bertz CT molecular complexity index is 1080. The first-order valence-electron chi connectivity index (χ1n) is 8.37. The van der Waals surface area contributed by atoms with Crippen molar-refractivity contribution in [2.24, 2.45) is 4.99 Å². The number of para-hydroxylation sites is 1. The van der Waals surface area contributed by atoms with Crippen LogP contribution in [0.15, 0.2) is 58.3 Å². The molecule has 1 N–H and O–H groups in total. The fraction of sp³-hybridized carbons (Fsp3) is 0.150. The van der Waals surface area contributed by atoms with E-state index in [0.29, 0.717) is 38.4 Å². The van der Waals surface area contributed by atoms with Crippen molar-refractivity contribution in [2.75, 3.05) is 7.11 Å². The van der Waals surface area contributed by atoms with Gasteiger partial charge in [-0.25, -0.2) is 4.68 Å². The van der Waals surface area contributed by atoms with E-state index in [9.17, 15) is 9.59 Å². The van der Waals surface area contributed by atoms with Gasteiger partial charge in [-0.05, 0) is 37.3 Å². The number of rotatable bonds is 5. The van der Waals surface area contributed by atoms with Crippen LogP contribution in [0.25, 0.3) is 5.69 Å². The van der Waals surface area contributed by atoms with Gasteiger partial charge in [0.15, 0.2) is 0 Å². The van der Waals surface area contributed by atoms with Gasteiger partial charge in [-0.1, -0.05) is 41.4 Å². The topological polar surface area (TPSA) is 76.5 Å². The number of carbonyl (C=O) groups excluding carboxylic acids is 1. The second-order valence-electron chi connectivity index (χ2n) is 6.02. The summed E-state index contributed by atoms with van der Waals surface area (Å²) in [6, 6.07) is 13.9. The summed E-state index contributed by atoms with van der Waals surface area (Å²) in [7, 11) is 1.29. The molecule has 0 saturated heterocycles. The second kappa shape index (κ2) is 8.46. The highest BCUT2D eigenvalue weighted by Crippen LogP contribution is 2.25. The monoisotopic (exact) mass is 417 g/mol. The number of aromatic amines is 1. The number of carbonyl (C=O) groups is 1. The number of ether oxygens (including phenoxy) is 1. The van der Waals surface area contributed by atoms with Crippen molar-refractivity contribution in [1.29, 1.82) is 0 Å². The van der Waals surface area contributed by atoms with E-state index in [1.807, 2.05) is 18.2 Å². The number of benzene rings is 2. The average Bonchev–Trinajstić information content (AvgIpc) is 2.97. The minimum Gasteiger partial charge on any atom is -0.469 e. The molecule has 2 aromatic carbocycles. The van der Waals surface area contributed by atoms with Gasteiger partial charge in [-0.15, -0.1) is 0 Å². The van der Waals surface area contributed by atoms with Gasteiger partial charge in [-0.2, -0.15) is 0 Å². The lowest BCUT2D eigenvalue weighted by molar-refractivity contribution is -0.139. The van der Waals surface area contributed by atoms with E-state index in [0.717, 1.165) is 0 Å². The second-order valence-corrected chi connectivity index (χ2v) is 6.89. The first-order valence-corrected chi connectivity index (χ1v) is 9.12. The standard InChI is InChI=1S/C20H17Cl2N3O3/c1-12(23-15-9-13(21)8-14(22)10-15)19-17(11-18(26)28-2)24-25(20(19)27)16-6-4-3-5-7-16/h3-10,24H,11H2,1-2H3. The smallest absolute Gasteiger partial charge is 0.311 e. The number of methoxy groups -OCH3 is 1. The van der Waals surface area contributed by atoms with Gasteiger partial charge in [0.2, 0.25) is 0 Å². The van der Waals surface area contributed by atoms with Crippen molar-refractivity contribution in [3.63, 3.8) is 0 Å². The quantitative estimate of drug-likeness (QED) is 0.495. The maximum absolute atomic E-state index is 13.1. The zero-order valence-corrected chi connectivity index (χ0v) is 16.7. The molecule has 0 bridgehead atoms. The molecule has 0 atom stereocenters. The number of halogens is 2. The van der Waals surface area contributed by atoms with E-state index in [-0.39, 0.29) is 12.0 Å². The summed E-state index contributed by atoms with van der Waals surface area (Å²) in [5.74, 6) is -0.471. The number of aromatic nitrogens is 2. The van der Waals surface area contributed by atoms with Crippen LogP contribution in [0.2, 0.25) is 10.0 Å². The Labute approximate surface area is 171 Å². The third-order valence-electron chi connectivity index (χ3n) is 4.03. The highest BCUT2D eigenvalue weighted by atomic mass is 35.5. The first-order chi connectivity index (χ1) is 13.4. The molecular formula is C20H17Cl2N3O3. The summed E-state index contributed by atoms with van der Waals surface area (Å²) in [6.07, 6.45) is -0.0932. The summed E-state index contributed by atoms with van der Waals surface area (Å²) < 4.78 is 6.12. The summed E-state index contributed by atoms with van der Waals surface area (Å²) >= 11 is 12.1. The Hall–Kier alpha value is -2.83. The van der Waals surface area contributed by atoms with E-state index in [1.54, 1.807) is 37.3 Å². The first kappa shape index (κ1) is 19.9. The van der Waals surface area contributed by atoms with Gasteiger partial charge < -0.3 is 4.74 Å². The Morgan fingerprint density at radius 2 is 1.79 bits per heavy atom. The number of nitrogens with zero attached hydrogens (tertiary/aromatic N) is 2. The zero-order chi connectivity index (χ0) is 20.3. The maximum Gasteiger partial charge on any atom is 0.311 e. The molecule has 1 heterocycles. The van der Waals surface area contributed by atoms with Crippen LogP contribution in [0, 0.1) is 0 Å². The van der Waals surface area contributed by atoms with Gasteiger partial charge in [0, 0.05) is 10.0 Å². The molecule has 1 aromatic heterocycles. The normalized spacial score (nSPS) is 11.5. The minimum absolute atomic E-state index is 0.0932. The lowest BCUT2D eigenvalue weighted by atomic mass is 10.1. The van der Waals surface area contributed by atoms with Gasteiger partial charge in [0.05, 0.1) is 41.9 Å². The Balaban J connectivity index is 2.14. The Morgan fingerprint density at radius 3 is 2.39 bits per heavy atom. The largest absolute Gasteiger partial charge is 0.469 e. The highest BCUT2D eigenvalue weighted by molar-refractivity contribution is 6.35. The molecule has 144 valence electrons.